The lowest BCUT2D eigenvalue weighted by Gasteiger charge is -2.24. The van der Waals surface area contributed by atoms with Gasteiger partial charge in [0.25, 0.3) is 0 Å². The highest BCUT2D eigenvalue weighted by Gasteiger charge is 2.19. The third-order valence-corrected chi connectivity index (χ3v) is 3.08. The van der Waals surface area contributed by atoms with Gasteiger partial charge in [-0.2, -0.15) is 0 Å². The van der Waals surface area contributed by atoms with E-state index in [1.165, 1.54) is 0 Å². The normalized spacial score (nSPS) is 14.4. The van der Waals surface area contributed by atoms with E-state index in [4.69, 9.17) is 4.74 Å². The summed E-state index contributed by atoms with van der Waals surface area (Å²) >= 11 is 0. The predicted molar refractivity (Wildman–Crippen MR) is 73.8 cm³/mol. The van der Waals surface area contributed by atoms with Gasteiger partial charge in [0.2, 0.25) is 0 Å². The standard InChI is InChI=1S/C15H21NO3/c1-15(2,18)10-16(3)9-13(17)11-4-5-14-12(8-11)6-7-19-14/h4-5,8,18H,6-7,9-10H2,1-3H3. The summed E-state index contributed by atoms with van der Waals surface area (Å²) < 4.78 is 5.43. The van der Waals surface area contributed by atoms with Crippen molar-refractivity contribution < 1.29 is 14.6 Å². The maximum atomic E-state index is 12.2. The summed E-state index contributed by atoms with van der Waals surface area (Å²) in [5.74, 6) is 0.961. The van der Waals surface area contributed by atoms with Crippen LogP contribution in [0.5, 0.6) is 5.75 Å². The summed E-state index contributed by atoms with van der Waals surface area (Å²) in [5, 5.41) is 9.73. The molecule has 1 heterocycles. The van der Waals surface area contributed by atoms with Crippen LogP contribution in [0.3, 0.4) is 0 Å². The highest BCUT2D eigenvalue weighted by molar-refractivity contribution is 5.98. The van der Waals surface area contributed by atoms with Gasteiger partial charge in [-0.15, -0.1) is 0 Å². The van der Waals surface area contributed by atoms with Gasteiger partial charge in [-0.1, -0.05) is 0 Å². The Morgan fingerprint density at radius 2 is 2.21 bits per heavy atom. The maximum Gasteiger partial charge on any atom is 0.176 e. The molecule has 104 valence electrons. The summed E-state index contributed by atoms with van der Waals surface area (Å²) in [6.07, 6.45) is 0.871. The van der Waals surface area contributed by atoms with E-state index in [2.05, 4.69) is 0 Å². The van der Waals surface area contributed by atoms with Crippen LogP contribution >= 0.6 is 0 Å². The van der Waals surface area contributed by atoms with Crippen LogP contribution in [0.4, 0.5) is 0 Å². The van der Waals surface area contributed by atoms with Crippen LogP contribution < -0.4 is 4.74 Å². The van der Waals surface area contributed by atoms with Crippen molar-refractivity contribution in [2.45, 2.75) is 25.9 Å². The summed E-state index contributed by atoms with van der Waals surface area (Å²) in [5.41, 5.74) is 1.03. The van der Waals surface area contributed by atoms with Gasteiger partial charge >= 0.3 is 0 Å². The topological polar surface area (TPSA) is 49.8 Å². The molecular weight excluding hydrogens is 242 g/mol. The third-order valence-electron chi connectivity index (χ3n) is 3.08. The average molecular weight is 263 g/mol. The second-order valence-corrected chi connectivity index (χ2v) is 5.83. The lowest BCUT2D eigenvalue weighted by atomic mass is 10.0. The van der Waals surface area contributed by atoms with Gasteiger partial charge in [0.1, 0.15) is 5.75 Å². The fourth-order valence-electron chi connectivity index (χ4n) is 2.41. The molecule has 0 unspecified atom stereocenters. The zero-order chi connectivity index (χ0) is 14.0. The number of ketones is 1. The van der Waals surface area contributed by atoms with E-state index in [1.54, 1.807) is 13.8 Å². The molecule has 0 radical (unpaired) electrons. The fourth-order valence-corrected chi connectivity index (χ4v) is 2.41. The second-order valence-electron chi connectivity index (χ2n) is 5.83. The first kappa shape index (κ1) is 14.0. The predicted octanol–water partition coefficient (Wildman–Crippen LogP) is 1.51. The zero-order valence-electron chi connectivity index (χ0n) is 11.8. The summed E-state index contributed by atoms with van der Waals surface area (Å²) in [7, 11) is 1.84. The molecule has 2 rings (SSSR count). The Labute approximate surface area is 114 Å². The number of carbonyl (C=O) groups excluding carboxylic acids is 1. The molecule has 0 saturated heterocycles. The lowest BCUT2D eigenvalue weighted by molar-refractivity contribution is 0.0439. The molecule has 0 spiro atoms. The Bertz CT molecular complexity index is 477. The van der Waals surface area contributed by atoms with Crippen molar-refractivity contribution >= 4 is 5.78 Å². The van der Waals surface area contributed by atoms with Crippen LogP contribution in [0.1, 0.15) is 29.8 Å². The molecule has 0 aliphatic carbocycles. The largest absolute Gasteiger partial charge is 0.493 e. The molecule has 1 aliphatic rings. The molecule has 0 fully saturated rings. The van der Waals surface area contributed by atoms with E-state index in [-0.39, 0.29) is 5.78 Å². The minimum atomic E-state index is -0.791. The van der Waals surface area contributed by atoms with Crippen LogP contribution in [0, 0.1) is 0 Å². The molecule has 1 aromatic rings. The van der Waals surface area contributed by atoms with Crippen LogP contribution in [-0.2, 0) is 6.42 Å². The molecule has 0 atom stereocenters. The van der Waals surface area contributed by atoms with Crippen LogP contribution in [0.15, 0.2) is 18.2 Å². The van der Waals surface area contributed by atoms with Crippen molar-refractivity contribution in [3.63, 3.8) is 0 Å². The number of hydrogen-bond acceptors (Lipinski definition) is 4. The smallest absolute Gasteiger partial charge is 0.176 e. The van der Waals surface area contributed by atoms with Crippen molar-refractivity contribution in [1.29, 1.82) is 0 Å². The number of carbonyl (C=O) groups is 1. The number of ether oxygens (including phenoxy) is 1. The highest BCUT2D eigenvalue weighted by Crippen LogP contribution is 2.26. The fraction of sp³-hybridized carbons (Fsp3) is 0.533. The minimum Gasteiger partial charge on any atom is -0.493 e. The monoisotopic (exact) mass is 263 g/mol. The van der Waals surface area contributed by atoms with Crippen molar-refractivity contribution in [3.05, 3.63) is 29.3 Å². The first-order chi connectivity index (χ1) is 8.85. The van der Waals surface area contributed by atoms with E-state index in [9.17, 15) is 9.90 Å². The second kappa shape index (κ2) is 5.31. The van der Waals surface area contributed by atoms with Crippen LogP contribution in [-0.4, -0.2) is 48.1 Å². The molecule has 0 amide bonds. The Hall–Kier alpha value is -1.39. The van der Waals surface area contributed by atoms with Crippen molar-refractivity contribution in [2.75, 3.05) is 26.7 Å². The van der Waals surface area contributed by atoms with E-state index >= 15 is 0 Å². The van der Waals surface area contributed by atoms with Gasteiger partial charge in [0, 0.05) is 18.5 Å². The number of likely N-dealkylation sites (N-methyl/N-ethyl adjacent to an activating group) is 1. The van der Waals surface area contributed by atoms with Gasteiger partial charge in [-0.25, -0.2) is 0 Å². The van der Waals surface area contributed by atoms with E-state index < -0.39 is 5.60 Å². The highest BCUT2D eigenvalue weighted by atomic mass is 16.5. The van der Waals surface area contributed by atoms with Gasteiger partial charge in [-0.3, -0.25) is 9.69 Å². The van der Waals surface area contributed by atoms with Gasteiger partial charge < -0.3 is 9.84 Å². The molecule has 0 bridgehead atoms. The molecule has 0 saturated carbocycles. The molecule has 1 aromatic carbocycles. The number of Topliss-reactive ketones (excluding diaryl/α,β-unsaturated/α-hetero) is 1. The van der Waals surface area contributed by atoms with Crippen molar-refractivity contribution in [1.82, 2.24) is 4.90 Å². The molecule has 1 N–H and O–H groups in total. The van der Waals surface area contributed by atoms with Gasteiger partial charge in [-0.05, 0) is 44.7 Å². The van der Waals surface area contributed by atoms with Crippen LogP contribution in [0.2, 0.25) is 0 Å². The molecule has 0 aromatic heterocycles. The van der Waals surface area contributed by atoms with Gasteiger partial charge in [0.05, 0.1) is 18.8 Å². The zero-order valence-corrected chi connectivity index (χ0v) is 11.8. The quantitative estimate of drug-likeness (QED) is 0.818. The minimum absolute atomic E-state index is 0.0708. The summed E-state index contributed by atoms with van der Waals surface area (Å²) in [6, 6.07) is 5.60. The number of benzene rings is 1. The molecule has 4 heteroatoms. The molecule has 4 nitrogen and oxygen atoms in total. The third kappa shape index (κ3) is 3.78. The van der Waals surface area contributed by atoms with E-state index in [1.807, 2.05) is 30.1 Å². The Balaban J connectivity index is 2.00. The molecule has 1 aliphatic heterocycles. The van der Waals surface area contributed by atoms with Gasteiger partial charge in [0.15, 0.2) is 5.78 Å². The number of hydrogen-bond donors (Lipinski definition) is 1. The molecular formula is C15H21NO3. The maximum absolute atomic E-state index is 12.2. The van der Waals surface area contributed by atoms with Crippen molar-refractivity contribution in [3.8, 4) is 5.75 Å². The number of aliphatic hydroxyl groups is 1. The Morgan fingerprint density at radius 1 is 1.47 bits per heavy atom. The summed E-state index contributed by atoms with van der Waals surface area (Å²) in [4.78, 5) is 14.0. The Morgan fingerprint density at radius 3 is 2.89 bits per heavy atom. The van der Waals surface area contributed by atoms with E-state index in [0.29, 0.717) is 25.3 Å². The van der Waals surface area contributed by atoms with Crippen molar-refractivity contribution in [2.24, 2.45) is 0 Å². The first-order valence-corrected chi connectivity index (χ1v) is 6.55. The first-order valence-electron chi connectivity index (χ1n) is 6.55. The van der Waals surface area contributed by atoms with Crippen LogP contribution in [0.25, 0.3) is 0 Å². The lowest BCUT2D eigenvalue weighted by Crippen LogP contribution is -2.38. The average Bonchev–Trinajstić information content (AvgIpc) is 2.72. The number of fused-ring (bicyclic) bond motifs is 1. The number of nitrogens with zero attached hydrogens (tertiary/aromatic N) is 1. The SMILES string of the molecule is CN(CC(=O)c1ccc2c(c1)CCO2)CC(C)(C)O. The Kier molecular flexibility index (Phi) is 3.92. The van der Waals surface area contributed by atoms with E-state index in [0.717, 1.165) is 17.7 Å². The molecule has 19 heavy (non-hydrogen) atoms. The summed E-state index contributed by atoms with van der Waals surface area (Å²) in [6.45, 7) is 4.95. The number of rotatable bonds is 5.